The van der Waals surface area contributed by atoms with Crippen LogP contribution in [0.1, 0.15) is 70.6 Å². The van der Waals surface area contributed by atoms with Crippen LogP contribution in [-0.4, -0.2) is 373 Å². The molecule has 4 aromatic heterocycles. The van der Waals surface area contributed by atoms with E-state index >= 15 is 0 Å². The molecular formula is C82H126N20O26S2. The van der Waals surface area contributed by atoms with Crippen molar-refractivity contribution < 1.29 is 124 Å². The molecule has 130 heavy (non-hydrogen) atoms. The molecule has 722 valence electrons. The van der Waals surface area contributed by atoms with Crippen molar-refractivity contribution in [2.24, 2.45) is 0 Å². The van der Waals surface area contributed by atoms with Gasteiger partial charge in [0.1, 0.15) is 12.1 Å². The molecule has 0 radical (unpaired) electrons. The lowest BCUT2D eigenvalue weighted by molar-refractivity contribution is -0.140. The Morgan fingerprint density at radius 3 is 0.869 bits per heavy atom. The molecule has 0 saturated heterocycles. The molecule has 0 aliphatic carbocycles. The van der Waals surface area contributed by atoms with Gasteiger partial charge in [-0.2, -0.15) is 19.9 Å². The number of ether oxygens (including phenoxy) is 16. The first-order chi connectivity index (χ1) is 63.2. The predicted molar refractivity (Wildman–Crippen MR) is 481 cm³/mol. The Bertz CT molecular complexity index is 3970. The van der Waals surface area contributed by atoms with Crippen molar-refractivity contribution >= 4 is 126 Å². The maximum Gasteiger partial charge on any atom is 0.326 e. The number of carboxylic acids is 2. The van der Waals surface area contributed by atoms with Crippen LogP contribution in [0.4, 0.5) is 34.9 Å². The second kappa shape index (κ2) is 68.0. The third-order valence-electron chi connectivity index (χ3n) is 17.9. The van der Waals surface area contributed by atoms with Crippen LogP contribution in [-0.2, 0) is 118 Å². The Morgan fingerprint density at radius 1 is 0.338 bits per heavy atom. The number of nitrogens with one attached hydrogen (secondary N) is 6. The molecule has 0 unspecified atom stereocenters. The number of carbonyl (C=O) groups excluding carboxylic acids is 6. The summed E-state index contributed by atoms with van der Waals surface area (Å²) in [7, 11) is 7.09. The van der Waals surface area contributed by atoms with Crippen molar-refractivity contribution in [2.75, 3.05) is 296 Å². The van der Waals surface area contributed by atoms with Crippen molar-refractivity contribution in [1.29, 1.82) is 0 Å². The minimum absolute atomic E-state index is 0.00127. The van der Waals surface area contributed by atoms with E-state index in [0.29, 0.717) is 220 Å². The van der Waals surface area contributed by atoms with Gasteiger partial charge in [-0.25, -0.2) is 29.5 Å². The van der Waals surface area contributed by atoms with Crippen LogP contribution in [0.5, 0.6) is 0 Å². The molecule has 0 spiro atoms. The second-order valence-electron chi connectivity index (χ2n) is 28.0. The summed E-state index contributed by atoms with van der Waals surface area (Å²) in [6, 6.07) is 10.5. The van der Waals surface area contributed by atoms with Gasteiger partial charge in [-0.15, -0.1) is 0 Å². The molecule has 46 nitrogen and oxygen atoms in total. The number of fused-ring (bicyclic) bond motifs is 2. The summed E-state index contributed by atoms with van der Waals surface area (Å²) in [5.41, 5.74) is 27.5. The molecule has 4 heterocycles. The topological polar surface area (TPSA) is 611 Å². The first-order valence-corrected chi connectivity index (χ1v) is 45.1. The van der Waals surface area contributed by atoms with E-state index in [-0.39, 0.29) is 161 Å². The van der Waals surface area contributed by atoms with Crippen LogP contribution in [0.15, 0.2) is 60.9 Å². The van der Waals surface area contributed by atoms with E-state index in [2.05, 4.69) is 71.8 Å². The van der Waals surface area contributed by atoms with Crippen molar-refractivity contribution in [3.05, 3.63) is 83.4 Å². The third kappa shape index (κ3) is 49.2. The fourth-order valence-electron chi connectivity index (χ4n) is 11.2. The van der Waals surface area contributed by atoms with Crippen molar-refractivity contribution in [3.63, 3.8) is 0 Å². The first kappa shape index (κ1) is 109. The molecule has 16 N–H and O–H groups in total. The number of hydrogen-bond donors (Lipinski definition) is 12. The Morgan fingerprint density at radius 2 is 0.592 bits per heavy atom. The number of nitrogens with two attached hydrogens (primary N) is 4. The van der Waals surface area contributed by atoms with Gasteiger partial charge in [0.15, 0.2) is 34.0 Å². The summed E-state index contributed by atoms with van der Waals surface area (Å²) in [6.07, 6.45) is 3.03. The average Bonchev–Trinajstić information content (AvgIpc) is 0.812. The summed E-state index contributed by atoms with van der Waals surface area (Å²) in [6.45, 7) is 13.7. The number of hydrogen-bond acceptors (Lipinski definition) is 40. The minimum Gasteiger partial charge on any atom is -0.480 e. The largest absolute Gasteiger partial charge is 0.480 e. The number of aromatic nitrogens is 8. The normalized spacial score (nSPS) is 11.8. The highest BCUT2D eigenvalue weighted by molar-refractivity contribution is 8.76. The molecule has 0 saturated carbocycles. The monoisotopic (exact) mass is 1870 g/mol. The summed E-state index contributed by atoms with van der Waals surface area (Å²) in [4.78, 5) is 136. The summed E-state index contributed by atoms with van der Waals surface area (Å²) in [5.74, 6) is -2.90. The van der Waals surface area contributed by atoms with Crippen molar-refractivity contribution in [3.8, 4) is 0 Å². The molecule has 6 rings (SSSR count). The van der Waals surface area contributed by atoms with Crippen molar-refractivity contribution in [1.82, 2.24) is 71.8 Å². The highest BCUT2D eigenvalue weighted by Gasteiger charge is 2.25. The number of amides is 6. The third-order valence-corrected chi connectivity index (χ3v) is 20.2. The zero-order chi connectivity index (χ0) is 93.2. The molecule has 0 aliphatic rings. The van der Waals surface area contributed by atoms with Crippen LogP contribution in [0, 0.1) is 0 Å². The van der Waals surface area contributed by atoms with E-state index in [1.165, 1.54) is 0 Å². The summed E-state index contributed by atoms with van der Waals surface area (Å²) in [5, 5.41) is 35.4. The van der Waals surface area contributed by atoms with Crippen LogP contribution >= 0.6 is 21.6 Å². The maximum atomic E-state index is 13.0. The Balaban J connectivity index is 0.564. The number of nitrogens with zero attached hydrogens (tertiary/aromatic N) is 10. The Labute approximate surface area is 761 Å². The Hall–Kier alpha value is -10.1. The standard InChI is InChI=1S/C82H126N20O26S2/c1-101(57-61-55-91-75-71(93-61)73(83)97-81(85)99-75)63-7-3-59(4-8-63)77(107)95-65(79(109)110)11-13-67(103)87-17-23-115-29-35-121-41-43-123-37-31-117-25-19-89-69(105)15-21-113-27-33-119-39-45-125-47-49-127-51-53-129-130-54-52-128-50-48-126-46-40-120-34-28-114-22-16-70(106)90-20-26-118-32-38-124-44-42-122-36-30-116-24-18-88-68(104)14-12-66(80(111)112)96-78(108)60-5-9-64(10-6-60)102(2)58-62-56-92-76-72(94-62)74(84)98-82(86)100-76/h3-10,55-56,65-66H,11-54,57-58H2,1-2H3,(H,87,103)(H,88,104)(H,89,105)(H,90,106)(H,95,107)(H,96,108)(H,109,110)(H,111,112)(H4,83,85,91,97,99)(H4,84,86,92,98,100)/t65-,66+. The Kier molecular flexibility index (Phi) is 56.8. The highest BCUT2D eigenvalue weighted by atomic mass is 33.1. The molecule has 48 heteroatoms. The average molecular weight is 1870 g/mol. The second-order valence-corrected chi connectivity index (χ2v) is 30.7. The predicted octanol–water partition coefficient (Wildman–Crippen LogP) is 0.273. The maximum absolute atomic E-state index is 13.0. The highest BCUT2D eigenvalue weighted by Crippen LogP contribution is 2.23. The summed E-state index contributed by atoms with van der Waals surface area (Å²) < 4.78 is 88.5. The minimum atomic E-state index is -1.29. The molecule has 6 amide bonds. The van der Waals surface area contributed by atoms with E-state index < -0.39 is 35.8 Å². The lowest BCUT2D eigenvalue weighted by atomic mass is 10.1. The molecular weight excluding hydrogens is 1750 g/mol. The van der Waals surface area contributed by atoms with Crippen LogP contribution in [0.3, 0.4) is 0 Å². The van der Waals surface area contributed by atoms with Gasteiger partial charge in [-0.3, -0.25) is 28.8 Å². The van der Waals surface area contributed by atoms with Gasteiger partial charge in [0.2, 0.25) is 35.5 Å². The number of nitrogen functional groups attached to an aromatic ring is 4. The molecule has 2 atom stereocenters. The zero-order valence-electron chi connectivity index (χ0n) is 73.7. The molecule has 0 aliphatic heterocycles. The van der Waals surface area contributed by atoms with Crippen LogP contribution in [0.2, 0.25) is 0 Å². The molecule has 2 aromatic carbocycles. The quantitative estimate of drug-likeness (QED) is 0.0180. The van der Waals surface area contributed by atoms with E-state index in [1.807, 2.05) is 23.9 Å². The lowest BCUT2D eigenvalue weighted by Gasteiger charge is -2.19. The van der Waals surface area contributed by atoms with E-state index in [4.69, 9.17) is 98.7 Å². The van der Waals surface area contributed by atoms with Gasteiger partial charge in [0.25, 0.3) is 11.8 Å². The summed E-state index contributed by atoms with van der Waals surface area (Å²) >= 11 is 0. The van der Waals surface area contributed by atoms with Gasteiger partial charge in [-0.05, 0) is 61.4 Å². The molecule has 0 bridgehead atoms. The number of anilines is 6. The van der Waals surface area contributed by atoms with Gasteiger partial charge in [0.05, 0.1) is 248 Å². The van der Waals surface area contributed by atoms with E-state index in [1.54, 1.807) is 82.5 Å². The number of benzene rings is 2. The van der Waals surface area contributed by atoms with E-state index in [9.17, 15) is 48.6 Å². The van der Waals surface area contributed by atoms with Gasteiger partial charge >= 0.3 is 11.9 Å². The number of aliphatic carboxylic acids is 2. The van der Waals surface area contributed by atoms with Gasteiger partial charge in [0, 0.05) is 100.0 Å². The number of carbonyl (C=O) groups is 8. The smallest absolute Gasteiger partial charge is 0.326 e. The fourth-order valence-corrected chi connectivity index (χ4v) is 12.9. The van der Waals surface area contributed by atoms with Crippen LogP contribution in [0.25, 0.3) is 22.3 Å². The van der Waals surface area contributed by atoms with Crippen LogP contribution < -0.4 is 64.6 Å². The van der Waals surface area contributed by atoms with E-state index in [0.717, 1.165) is 22.9 Å². The number of carboxylic acid groups (broad SMARTS) is 2. The van der Waals surface area contributed by atoms with Crippen molar-refractivity contribution in [2.45, 2.75) is 63.7 Å². The first-order valence-electron chi connectivity index (χ1n) is 42.6. The fraction of sp³-hybridized carbons (Fsp3) is 0.610. The zero-order valence-corrected chi connectivity index (χ0v) is 75.4. The van der Waals surface area contributed by atoms with Gasteiger partial charge in [-0.1, -0.05) is 21.6 Å². The molecule has 6 aromatic rings. The molecule has 0 fully saturated rings. The lowest BCUT2D eigenvalue weighted by Crippen LogP contribution is -2.41. The SMILES string of the molecule is CN(Cc1cnc2nc(N)nc(N)c2n1)c1ccc(C(=O)N[C@@H](CCC(=O)NCCOCCOCCOCCOCCNC(=O)CCOCCOCCOCCOCCSSCCOCCOCCOCCOCCC(=O)NCCOCCOCCOCCOCCNC(=O)CC[C@@H](NC(=O)c2ccc(N(C)Cc3cnc4nc(N)nc(N)c4n3)cc2)C(=O)O)C(=O)O)cc1. The van der Waals surface area contributed by atoms with Gasteiger partial charge < -0.3 is 151 Å². The number of rotatable bonds is 79.